The zero-order chi connectivity index (χ0) is 17.0. The van der Waals surface area contributed by atoms with Crippen LogP contribution in [0.4, 0.5) is 0 Å². The van der Waals surface area contributed by atoms with E-state index in [2.05, 4.69) is 62.8 Å². The summed E-state index contributed by atoms with van der Waals surface area (Å²) < 4.78 is 14.0. The van der Waals surface area contributed by atoms with Gasteiger partial charge in [-0.15, -0.1) is 14.0 Å². The van der Waals surface area contributed by atoms with Crippen molar-refractivity contribution in [2.24, 2.45) is 0 Å². The molecule has 4 nitrogen and oxygen atoms in total. The molecular weight excluding hydrogens is 293 g/mol. The van der Waals surface area contributed by atoms with Crippen LogP contribution in [0.25, 0.3) is 0 Å². The Morgan fingerprint density at radius 2 is 0.955 bits per heavy atom. The summed E-state index contributed by atoms with van der Waals surface area (Å²) >= 11 is 0. The number of nitrogens with zero attached hydrogens (tertiary/aromatic N) is 3. The summed E-state index contributed by atoms with van der Waals surface area (Å²) in [6.45, 7) is 13.0. The largest absolute Gasteiger partial charge is 0.370 e. The molecule has 134 valence electrons. The molecule has 0 aromatic heterocycles. The zero-order valence-electron chi connectivity index (χ0n) is 16.3. The van der Waals surface area contributed by atoms with Gasteiger partial charge in [-0.1, -0.05) is 40.0 Å². The molecule has 22 heavy (non-hydrogen) atoms. The molecular formula is C17H41N3OP+. The fourth-order valence-electron chi connectivity index (χ4n) is 2.80. The van der Waals surface area contributed by atoms with Crippen LogP contribution in [-0.4, -0.2) is 61.4 Å². The average Bonchev–Trinajstić information content (AvgIpc) is 2.52. The molecule has 0 amide bonds. The first-order valence-corrected chi connectivity index (χ1v) is 10.8. The molecule has 0 radical (unpaired) electrons. The van der Waals surface area contributed by atoms with Crippen molar-refractivity contribution in [2.45, 2.75) is 66.2 Å². The topological polar surface area (TPSA) is 19.0 Å². The van der Waals surface area contributed by atoms with Gasteiger partial charge < -0.3 is 0 Å². The SMILES string of the molecule is CCCCN(C)[P+](OCC)(N(C)CCCC)N(C)CCCC. The van der Waals surface area contributed by atoms with Gasteiger partial charge in [-0.2, -0.15) is 4.52 Å². The van der Waals surface area contributed by atoms with E-state index >= 15 is 0 Å². The van der Waals surface area contributed by atoms with Gasteiger partial charge in [-0.05, 0) is 26.2 Å². The third-order valence-electron chi connectivity index (χ3n) is 4.14. The maximum atomic E-state index is 6.50. The van der Waals surface area contributed by atoms with Crippen LogP contribution >= 0.6 is 7.94 Å². The molecule has 0 atom stereocenters. The highest BCUT2D eigenvalue weighted by molar-refractivity contribution is 7.64. The minimum Gasteiger partial charge on any atom is -0.182 e. The van der Waals surface area contributed by atoms with Gasteiger partial charge in [0.1, 0.15) is 0 Å². The molecule has 0 fully saturated rings. The van der Waals surface area contributed by atoms with Crippen molar-refractivity contribution in [2.75, 3.05) is 47.4 Å². The maximum Gasteiger partial charge on any atom is 0.370 e. The zero-order valence-corrected chi connectivity index (χ0v) is 17.2. The maximum absolute atomic E-state index is 6.50. The van der Waals surface area contributed by atoms with Crippen molar-refractivity contribution in [3.05, 3.63) is 0 Å². The monoisotopic (exact) mass is 334 g/mol. The molecule has 0 bridgehead atoms. The second-order valence-corrected chi connectivity index (χ2v) is 9.47. The Bertz CT molecular complexity index is 230. The van der Waals surface area contributed by atoms with Gasteiger partial charge in [0.25, 0.3) is 0 Å². The van der Waals surface area contributed by atoms with Gasteiger partial charge in [-0.3, -0.25) is 0 Å². The van der Waals surface area contributed by atoms with E-state index in [0.29, 0.717) is 0 Å². The minimum atomic E-state index is -1.86. The molecule has 0 aliphatic heterocycles. The predicted molar refractivity (Wildman–Crippen MR) is 101 cm³/mol. The number of unbranched alkanes of at least 4 members (excludes halogenated alkanes) is 3. The summed E-state index contributed by atoms with van der Waals surface area (Å²) in [5.74, 6) is 0. The van der Waals surface area contributed by atoms with E-state index in [1.165, 1.54) is 38.5 Å². The summed E-state index contributed by atoms with van der Waals surface area (Å²) in [7, 11) is 4.90. The molecule has 0 rings (SSSR count). The number of rotatable bonds is 14. The van der Waals surface area contributed by atoms with Crippen LogP contribution in [-0.2, 0) is 4.52 Å². The van der Waals surface area contributed by atoms with Crippen LogP contribution < -0.4 is 0 Å². The van der Waals surface area contributed by atoms with E-state index in [4.69, 9.17) is 4.52 Å². The average molecular weight is 335 g/mol. The van der Waals surface area contributed by atoms with Crippen molar-refractivity contribution in [3.8, 4) is 0 Å². The van der Waals surface area contributed by atoms with Crippen LogP contribution in [0.1, 0.15) is 66.2 Å². The molecule has 0 saturated heterocycles. The lowest BCUT2D eigenvalue weighted by Crippen LogP contribution is -2.43. The first-order chi connectivity index (χ1) is 10.5. The molecule has 5 heteroatoms. The van der Waals surface area contributed by atoms with Crippen molar-refractivity contribution in [3.63, 3.8) is 0 Å². The van der Waals surface area contributed by atoms with Gasteiger partial charge in [0.15, 0.2) is 0 Å². The van der Waals surface area contributed by atoms with E-state index < -0.39 is 7.94 Å². The first-order valence-electron chi connectivity index (χ1n) is 9.19. The van der Waals surface area contributed by atoms with E-state index in [9.17, 15) is 0 Å². The Morgan fingerprint density at radius 1 is 0.636 bits per heavy atom. The third kappa shape index (κ3) is 6.41. The molecule has 0 heterocycles. The van der Waals surface area contributed by atoms with Crippen LogP contribution in [0.5, 0.6) is 0 Å². The first kappa shape index (κ1) is 22.3. The van der Waals surface area contributed by atoms with Crippen LogP contribution in [0.2, 0.25) is 0 Å². The Balaban J connectivity index is 5.30. The summed E-state index contributed by atoms with van der Waals surface area (Å²) in [5.41, 5.74) is 0. The van der Waals surface area contributed by atoms with E-state index in [1.54, 1.807) is 0 Å². The van der Waals surface area contributed by atoms with E-state index in [0.717, 1.165) is 26.2 Å². The van der Waals surface area contributed by atoms with Crippen molar-refractivity contribution < 1.29 is 4.52 Å². The third-order valence-corrected chi connectivity index (χ3v) is 8.02. The molecule has 0 saturated carbocycles. The predicted octanol–water partition coefficient (Wildman–Crippen LogP) is 4.90. The molecule has 0 N–H and O–H groups in total. The Labute approximate surface area is 140 Å². The number of hydrogen-bond acceptors (Lipinski definition) is 4. The Hall–Kier alpha value is 0.270. The fourth-order valence-corrected chi connectivity index (χ4v) is 6.51. The summed E-state index contributed by atoms with van der Waals surface area (Å²) in [5, 5.41) is 0. The molecule has 0 aromatic rings. The minimum absolute atomic E-state index is 0.775. The van der Waals surface area contributed by atoms with Gasteiger partial charge in [0.05, 0.1) is 6.61 Å². The fraction of sp³-hybridized carbons (Fsp3) is 1.00. The van der Waals surface area contributed by atoms with Crippen molar-refractivity contribution in [1.82, 2.24) is 14.0 Å². The summed E-state index contributed by atoms with van der Waals surface area (Å²) in [4.78, 5) is 0. The second kappa shape index (κ2) is 12.7. The van der Waals surface area contributed by atoms with E-state index in [1.807, 2.05) is 0 Å². The van der Waals surface area contributed by atoms with Crippen LogP contribution in [0, 0.1) is 0 Å². The molecule has 0 aliphatic carbocycles. The van der Waals surface area contributed by atoms with Crippen molar-refractivity contribution >= 4 is 7.94 Å². The summed E-state index contributed by atoms with van der Waals surface area (Å²) in [6.07, 6.45) is 7.38. The summed E-state index contributed by atoms with van der Waals surface area (Å²) in [6, 6.07) is 0. The van der Waals surface area contributed by atoms with Gasteiger partial charge in [-0.25, -0.2) is 0 Å². The second-order valence-electron chi connectivity index (χ2n) is 6.14. The van der Waals surface area contributed by atoms with Gasteiger partial charge >= 0.3 is 7.94 Å². The van der Waals surface area contributed by atoms with E-state index in [-0.39, 0.29) is 0 Å². The highest BCUT2D eigenvalue weighted by Crippen LogP contribution is 2.66. The lowest BCUT2D eigenvalue weighted by molar-refractivity contribution is 0.217. The smallest absolute Gasteiger partial charge is 0.182 e. The quantitative estimate of drug-likeness (QED) is 0.421. The van der Waals surface area contributed by atoms with Crippen molar-refractivity contribution in [1.29, 1.82) is 0 Å². The van der Waals surface area contributed by atoms with Gasteiger partial charge in [0.2, 0.25) is 0 Å². The van der Waals surface area contributed by atoms with Crippen LogP contribution in [0.15, 0.2) is 0 Å². The molecule has 0 aromatic carbocycles. The molecule has 0 unspecified atom stereocenters. The van der Waals surface area contributed by atoms with Gasteiger partial charge in [0, 0.05) is 40.8 Å². The molecule has 0 spiro atoms. The Morgan fingerprint density at radius 3 is 1.18 bits per heavy atom. The van der Waals surface area contributed by atoms with Crippen LogP contribution in [0.3, 0.4) is 0 Å². The Kier molecular flexibility index (Phi) is 12.8. The lowest BCUT2D eigenvalue weighted by Gasteiger charge is -2.41. The normalized spacial score (nSPS) is 12.8. The molecule has 0 aliphatic rings. The lowest BCUT2D eigenvalue weighted by atomic mass is 10.3. The highest BCUT2D eigenvalue weighted by atomic mass is 31.2. The number of hydrogen-bond donors (Lipinski definition) is 0. The standard InChI is InChI=1S/C17H41N3OP/c1-8-12-15-18(5)22(21-11-4,19(6)16-13-9-2)20(7)17-14-10-3/h8-17H2,1-7H3/q+1. The highest BCUT2D eigenvalue weighted by Gasteiger charge is 2.54.